The Morgan fingerprint density at radius 3 is 2.33 bits per heavy atom. The van der Waals surface area contributed by atoms with Crippen LogP contribution in [0.5, 0.6) is 0 Å². The van der Waals surface area contributed by atoms with Gasteiger partial charge < -0.3 is 10.6 Å². The molecule has 1 aliphatic rings. The molecule has 3 rings (SSSR count). The molecule has 144 valence electrons. The number of hydrogen-bond donors (Lipinski definition) is 2. The highest BCUT2D eigenvalue weighted by Gasteiger charge is 2.36. The van der Waals surface area contributed by atoms with Crippen LogP contribution in [0.3, 0.4) is 0 Å². The quantitative estimate of drug-likeness (QED) is 0.711. The van der Waals surface area contributed by atoms with Gasteiger partial charge in [-0.25, -0.2) is 4.39 Å². The molecule has 0 atom stereocenters. The number of alkyl halides is 2. The van der Waals surface area contributed by atoms with Gasteiger partial charge in [-0.15, -0.1) is 0 Å². The minimum atomic E-state index is -3.02. The lowest BCUT2D eigenvalue weighted by Gasteiger charge is -2.37. The van der Waals surface area contributed by atoms with Crippen LogP contribution in [0.2, 0.25) is 10.0 Å². The van der Waals surface area contributed by atoms with E-state index in [0.29, 0.717) is 17.9 Å². The number of amides is 1. The van der Waals surface area contributed by atoms with Gasteiger partial charge in [-0.1, -0.05) is 35.3 Å². The molecule has 27 heavy (non-hydrogen) atoms. The fourth-order valence-electron chi connectivity index (χ4n) is 2.92. The topological polar surface area (TPSA) is 41.1 Å². The molecule has 0 spiro atoms. The van der Waals surface area contributed by atoms with Gasteiger partial charge in [0.15, 0.2) is 0 Å². The predicted octanol–water partition coefficient (Wildman–Crippen LogP) is 4.77. The summed E-state index contributed by atoms with van der Waals surface area (Å²) in [4.78, 5) is 12.1. The van der Waals surface area contributed by atoms with E-state index in [9.17, 15) is 18.0 Å². The van der Waals surface area contributed by atoms with Crippen LogP contribution in [0.4, 0.5) is 13.2 Å². The summed E-state index contributed by atoms with van der Waals surface area (Å²) in [6.45, 7) is -0.501. The second-order valence-corrected chi connectivity index (χ2v) is 7.46. The smallest absolute Gasteiger partial charge is 0.285 e. The van der Waals surface area contributed by atoms with E-state index in [4.69, 9.17) is 23.2 Å². The number of rotatable bonds is 6. The van der Waals surface area contributed by atoms with E-state index in [2.05, 4.69) is 10.6 Å². The van der Waals surface area contributed by atoms with E-state index in [1.807, 2.05) is 0 Å². The molecule has 0 bridgehead atoms. The molecule has 2 aromatic rings. The monoisotopic (exact) mass is 416 g/mol. The maximum Gasteiger partial charge on any atom is 0.285 e. The Bertz CT molecular complexity index is 804. The molecule has 2 aromatic carbocycles. The fourth-order valence-corrected chi connectivity index (χ4v) is 3.27. The Morgan fingerprint density at radius 1 is 1.04 bits per heavy atom. The van der Waals surface area contributed by atoms with Crippen molar-refractivity contribution in [3.8, 4) is 0 Å². The molecule has 1 fully saturated rings. The van der Waals surface area contributed by atoms with Crippen LogP contribution >= 0.6 is 23.2 Å². The lowest BCUT2D eigenvalue weighted by Crippen LogP contribution is -2.54. The molecule has 3 nitrogen and oxygen atoms in total. The average Bonchev–Trinajstić information content (AvgIpc) is 2.56. The van der Waals surface area contributed by atoms with Crippen molar-refractivity contribution in [1.82, 2.24) is 10.6 Å². The van der Waals surface area contributed by atoms with Crippen molar-refractivity contribution in [2.45, 2.75) is 30.8 Å². The van der Waals surface area contributed by atoms with E-state index >= 15 is 0 Å². The number of carbonyl (C=O) groups excluding carboxylic acids is 1. The lowest BCUT2D eigenvalue weighted by molar-refractivity contribution is -0.00941. The second kappa shape index (κ2) is 8.09. The Hall–Kier alpha value is -1.76. The van der Waals surface area contributed by atoms with Gasteiger partial charge in [-0.2, -0.15) is 8.78 Å². The lowest BCUT2D eigenvalue weighted by atomic mass is 9.86. The van der Waals surface area contributed by atoms with Crippen LogP contribution in [0.1, 0.15) is 28.8 Å². The van der Waals surface area contributed by atoms with E-state index < -0.39 is 24.2 Å². The number of halogens is 5. The summed E-state index contributed by atoms with van der Waals surface area (Å²) in [5.41, 5.74) is 0.0252. The largest absolute Gasteiger partial charge is 0.349 e. The molecule has 0 radical (unpaired) electrons. The summed E-state index contributed by atoms with van der Waals surface area (Å²) >= 11 is 11.5. The second-order valence-electron chi connectivity index (χ2n) is 6.59. The number of hydrogen-bond acceptors (Lipinski definition) is 2. The summed E-state index contributed by atoms with van der Waals surface area (Å²) in [6, 6.07) is 8.78. The fraction of sp³-hybridized carbons (Fsp3) is 0.316. The van der Waals surface area contributed by atoms with Gasteiger partial charge in [-0.05, 0) is 43.2 Å². The van der Waals surface area contributed by atoms with Gasteiger partial charge in [0.1, 0.15) is 5.82 Å². The van der Waals surface area contributed by atoms with E-state index in [1.54, 1.807) is 0 Å². The first-order valence-electron chi connectivity index (χ1n) is 8.37. The highest BCUT2D eigenvalue weighted by Crippen LogP contribution is 2.29. The molecule has 1 saturated carbocycles. The minimum absolute atomic E-state index is 0.105. The van der Waals surface area contributed by atoms with E-state index in [1.165, 1.54) is 30.3 Å². The molecule has 0 saturated heterocycles. The highest BCUT2D eigenvalue weighted by molar-refractivity contribution is 6.31. The molecule has 0 aromatic heterocycles. The number of benzene rings is 2. The number of carbonyl (C=O) groups is 1. The van der Waals surface area contributed by atoms with Crippen LogP contribution in [-0.2, 0) is 5.92 Å². The zero-order valence-corrected chi connectivity index (χ0v) is 15.6. The molecular formula is C19H17Cl2F3N2O. The third kappa shape index (κ3) is 5.15. The third-order valence-corrected chi connectivity index (χ3v) is 4.95. The van der Waals surface area contributed by atoms with Gasteiger partial charge in [0.2, 0.25) is 0 Å². The zero-order chi connectivity index (χ0) is 19.6. The van der Waals surface area contributed by atoms with Crippen molar-refractivity contribution < 1.29 is 18.0 Å². The SMILES string of the molecule is O=C(NC1CC(NCC(F)(F)c2ccc(Cl)cc2)C1)c1cc(F)cc(Cl)c1. The minimum Gasteiger partial charge on any atom is -0.349 e. The third-order valence-electron chi connectivity index (χ3n) is 4.48. The number of nitrogens with one attached hydrogen (secondary N) is 2. The van der Waals surface area contributed by atoms with Crippen molar-refractivity contribution in [3.63, 3.8) is 0 Å². The highest BCUT2D eigenvalue weighted by atomic mass is 35.5. The van der Waals surface area contributed by atoms with Crippen LogP contribution in [-0.4, -0.2) is 24.5 Å². The Labute approximate surface area is 164 Å². The van der Waals surface area contributed by atoms with Crippen molar-refractivity contribution in [1.29, 1.82) is 0 Å². The van der Waals surface area contributed by atoms with E-state index in [-0.39, 0.29) is 28.2 Å². The molecule has 8 heteroatoms. The van der Waals surface area contributed by atoms with Gasteiger partial charge in [0.05, 0.1) is 6.54 Å². The maximum absolute atomic E-state index is 14.2. The van der Waals surface area contributed by atoms with Crippen molar-refractivity contribution >= 4 is 29.1 Å². The summed E-state index contributed by atoms with van der Waals surface area (Å²) < 4.78 is 41.7. The van der Waals surface area contributed by atoms with Crippen LogP contribution in [0, 0.1) is 5.82 Å². The molecule has 2 N–H and O–H groups in total. The predicted molar refractivity (Wildman–Crippen MR) is 99.0 cm³/mol. The molecular weight excluding hydrogens is 400 g/mol. The van der Waals surface area contributed by atoms with Crippen LogP contribution in [0.15, 0.2) is 42.5 Å². The normalized spacial score (nSPS) is 19.4. The molecule has 0 unspecified atom stereocenters. The van der Waals surface area contributed by atoms with Crippen LogP contribution in [0.25, 0.3) is 0 Å². The van der Waals surface area contributed by atoms with Crippen LogP contribution < -0.4 is 10.6 Å². The maximum atomic E-state index is 14.2. The van der Waals surface area contributed by atoms with Crippen molar-refractivity contribution in [3.05, 3.63) is 69.5 Å². The molecule has 1 amide bonds. The Morgan fingerprint density at radius 2 is 1.70 bits per heavy atom. The summed E-state index contributed by atoms with van der Waals surface area (Å²) in [7, 11) is 0. The molecule has 0 aliphatic heterocycles. The van der Waals surface area contributed by atoms with E-state index in [0.717, 1.165) is 12.1 Å². The van der Waals surface area contributed by atoms with Crippen molar-refractivity contribution in [2.24, 2.45) is 0 Å². The first kappa shape index (κ1) is 20.0. The standard InChI is InChI=1S/C19H17Cl2F3N2O/c20-13-3-1-12(2-4-13)19(23,24)10-25-16-8-17(9-16)26-18(27)11-5-14(21)7-15(22)6-11/h1-7,16-17,25H,8-10H2,(H,26,27). The summed E-state index contributed by atoms with van der Waals surface area (Å²) in [5.74, 6) is -4.05. The first-order chi connectivity index (χ1) is 12.7. The zero-order valence-electron chi connectivity index (χ0n) is 14.1. The van der Waals surface area contributed by atoms with Gasteiger partial charge in [-0.3, -0.25) is 4.79 Å². The summed E-state index contributed by atoms with van der Waals surface area (Å²) in [5, 5.41) is 6.10. The first-order valence-corrected chi connectivity index (χ1v) is 9.13. The molecule has 1 aliphatic carbocycles. The van der Waals surface area contributed by atoms with Gasteiger partial charge in [0.25, 0.3) is 11.8 Å². The Balaban J connectivity index is 1.45. The van der Waals surface area contributed by atoms with Crippen molar-refractivity contribution in [2.75, 3.05) is 6.54 Å². The Kier molecular flexibility index (Phi) is 5.99. The van der Waals surface area contributed by atoms with Gasteiger partial charge in [0, 0.05) is 33.3 Å². The van der Waals surface area contributed by atoms with Gasteiger partial charge >= 0.3 is 0 Å². The average molecular weight is 417 g/mol. The summed E-state index contributed by atoms with van der Waals surface area (Å²) in [6.07, 6.45) is 1.04. The molecule has 0 heterocycles.